The summed E-state index contributed by atoms with van der Waals surface area (Å²) in [6, 6.07) is 0.787. The minimum atomic E-state index is -1.11. The molecule has 82 valence electrons. The molecule has 7 heteroatoms. The van der Waals surface area contributed by atoms with Crippen LogP contribution in [0.15, 0.2) is 12.1 Å². The van der Waals surface area contributed by atoms with Gasteiger partial charge in [0.05, 0.1) is 4.92 Å². The maximum atomic E-state index is 13.0. The Balaban J connectivity index is 3.29. The number of halogens is 1. The molecule has 1 rings (SSSR count). The van der Waals surface area contributed by atoms with Crippen molar-refractivity contribution >= 4 is 5.69 Å². The van der Waals surface area contributed by atoms with E-state index in [2.05, 4.69) is 0 Å². The van der Waals surface area contributed by atoms with E-state index in [-0.39, 0.29) is 12.1 Å². The Morgan fingerprint density at radius 1 is 1.60 bits per heavy atom. The molecule has 0 aliphatic rings. The third kappa shape index (κ3) is 2.20. The van der Waals surface area contributed by atoms with Gasteiger partial charge in [0.1, 0.15) is 5.75 Å². The number of phenolic OH excluding ortho intramolecular Hbond substituents is 1. The van der Waals surface area contributed by atoms with Crippen LogP contribution in [0.4, 0.5) is 10.1 Å². The summed E-state index contributed by atoms with van der Waals surface area (Å²) in [5, 5.41) is 19.7. The molecule has 0 saturated carbocycles. The van der Waals surface area contributed by atoms with Crippen LogP contribution in [0, 0.1) is 15.9 Å². The van der Waals surface area contributed by atoms with Crippen molar-refractivity contribution in [3.05, 3.63) is 33.6 Å². The van der Waals surface area contributed by atoms with Crippen LogP contribution in [-0.2, 0) is 0 Å². The Kier molecular flexibility index (Phi) is 3.17. The zero-order valence-corrected chi connectivity index (χ0v) is 7.68. The molecule has 1 atom stereocenters. The van der Waals surface area contributed by atoms with E-state index in [0.717, 1.165) is 6.07 Å². The lowest BCUT2D eigenvalue weighted by Gasteiger charge is -2.10. The van der Waals surface area contributed by atoms with Gasteiger partial charge in [0.25, 0.3) is 0 Å². The number of nitro benzene ring substituents is 1. The maximum Gasteiger partial charge on any atom is 0.305 e. The van der Waals surface area contributed by atoms with Crippen LogP contribution in [0.3, 0.4) is 0 Å². The van der Waals surface area contributed by atoms with Crippen LogP contribution in [-0.4, -0.2) is 16.6 Å². The van der Waals surface area contributed by atoms with Gasteiger partial charge < -0.3 is 16.6 Å². The fourth-order valence-corrected chi connectivity index (χ4v) is 1.13. The van der Waals surface area contributed by atoms with Gasteiger partial charge in [-0.15, -0.1) is 0 Å². The number of rotatable bonds is 3. The van der Waals surface area contributed by atoms with Crippen molar-refractivity contribution in [2.24, 2.45) is 11.5 Å². The SMILES string of the molecule is NC[C@@H](N)c1cc([N+](=O)[O-])c(F)cc1O. The summed E-state index contributed by atoms with van der Waals surface area (Å²) in [5.74, 6) is -1.54. The molecule has 0 radical (unpaired) electrons. The van der Waals surface area contributed by atoms with Crippen LogP contribution in [0.5, 0.6) is 5.75 Å². The average molecular weight is 215 g/mol. The summed E-state index contributed by atoms with van der Waals surface area (Å²) in [6.45, 7) is -0.00362. The molecular weight excluding hydrogens is 205 g/mol. The van der Waals surface area contributed by atoms with Gasteiger partial charge in [0, 0.05) is 30.3 Å². The quantitative estimate of drug-likeness (QED) is 0.498. The van der Waals surface area contributed by atoms with Crippen LogP contribution in [0.1, 0.15) is 11.6 Å². The summed E-state index contributed by atoms with van der Waals surface area (Å²) in [6.07, 6.45) is 0. The van der Waals surface area contributed by atoms with Crippen LogP contribution in [0.2, 0.25) is 0 Å². The van der Waals surface area contributed by atoms with Crippen molar-refractivity contribution in [1.29, 1.82) is 0 Å². The van der Waals surface area contributed by atoms with E-state index < -0.39 is 28.2 Å². The highest BCUT2D eigenvalue weighted by atomic mass is 19.1. The Morgan fingerprint density at radius 2 is 2.20 bits per heavy atom. The molecule has 0 saturated heterocycles. The molecule has 1 aromatic carbocycles. The molecule has 0 bridgehead atoms. The second-order valence-electron chi connectivity index (χ2n) is 2.96. The zero-order valence-electron chi connectivity index (χ0n) is 7.68. The molecular formula is C8H10FN3O3. The molecule has 6 nitrogen and oxygen atoms in total. The molecule has 0 aliphatic carbocycles. The number of nitro groups is 1. The molecule has 0 aliphatic heterocycles. The van der Waals surface area contributed by atoms with E-state index >= 15 is 0 Å². The first-order valence-electron chi connectivity index (χ1n) is 4.09. The zero-order chi connectivity index (χ0) is 11.6. The van der Waals surface area contributed by atoms with Crippen molar-refractivity contribution in [2.75, 3.05) is 6.54 Å². The Labute approximate surface area is 84.5 Å². The largest absolute Gasteiger partial charge is 0.507 e. The molecule has 1 aromatic rings. The molecule has 0 spiro atoms. The smallest absolute Gasteiger partial charge is 0.305 e. The highest BCUT2D eigenvalue weighted by Gasteiger charge is 2.20. The fraction of sp³-hybridized carbons (Fsp3) is 0.250. The van der Waals surface area contributed by atoms with Gasteiger partial charge in [-0.05, 0) is 0 Å². The van der Waals surface area contributed by atoms with Crippen molar-refractivity contribution in [3.8, 4) is 5.75 Å². The van der Waals surface area contributed by atoms with E-state index in [1.165, 1.54) is 0 Å². The Bertz CT molecular complexity index is 397. The summed E-state index contributed by atoms with van der Waals surface area (Å²) >= 11 is 0. The minimum absolute atomic E-state index is 0.00362. The van der Waals surface area contributed by atoms with E-state index in [0.29, 0.717) is 6.07 Å². The molecule has 0 heterocycles. The number of nitrogens with two attached hydrogens (primary N) is 2. The predicted octanol–water partition coefficient (Wildman–Crippen LogP) is 0.398. The Hall–Kier alpha value is -1.73. The minimum Gasteiger partial charge on any atom is -0.507 e. The van der Waals surface area contributed by atoms with E-state index in [1.54, 1.807) is 0 Å². The van der Waals surface area contributed by atoms with E-state index in [1.807, 2.05) is 0 Å². The number of hydrogen-bond acceptors (Lipinski definition) is 5. The standard InChI is InChI=1S/C8H10FN3O3/c9-5-2-8(13)4(6(11)3-10)1-7(5)12(14)15/h1-2,6,13H,3,10-11H2/t6-/m1/s1. The monoisotopic (exact) mass is 215 g/mol. The van der Waals surface area contributed by atoms with Gasteiger partial charge >= 0.3 is 5.69 Å². The number of hydrogen-bond donors (Lipinski definition) is 3. The molecule has 0 aromatic heterocycles. The van der Waals surface area contributed by atoms with Gasteiger partial charge in [-0.25, -0.2) is 0 Å². The number of aromatic hydroxyl groups is 1. The third-order valence-electron chi connectivity index (χ3n) is 1.95. The normalized spacial score (nSPS) is 12.5. The molecule has 0 amide bonds. The molecule has 5 N–H and O–H groups in total. The van der Waals surface area contributed by atoms with Crippen LogP contribution in [0.25, 0.3) is 0 Å². The number of phenols is 1. The van der Waals surface area contributed by atoms with Crippen molar-refractivity contribution in [2.45, 2.75) is 6.04 Å². The van der Waals surface area contributed by atoms with Crippen molar-refractivity contribution in [1.82, 2.24) is 0 Å². The molecule has 0 unspecified atom stereocenters. The van der Waals surface area contributed by atoms with Gasteiger partial charge in [-0.3, -0.25) is 10.1 Å². The van der Waals surface area contributed by atoms with Crippen LogP contribution < -0.4 is 11.5 Å². The third-order valence-corrected chi connectivity index (χ3v) is 1.95. The van der Waals surface area contributed by atoms with Crippen molar-refractivity contribution < 1.29 is 14.4 Å². The second-order valence-corrected chi connectivity index (χ2v) is 2.96. The lowest BCUT2D eigenvalue weighted by Crippen LogP contribution is -2.21. The lowest BCUT2D eigenvalue weighted by atomic mass is 10.1. The number of benzene rings is 1. The predicted molar refractivity (Wildman–Crippen MR) is 50.7 cm³/mol. The summed E-state index contributed by atoms with van der Waals surface area (Å²) in [5.41, 5.74) is 10.1. The summed E-state index contributed by atoms with van der Waals surface area (Å²) in [4.78, 5) is 9.52. The number of nitrogens with zero attached hydrogens (tertiary/aromatic N) is 1. The first kappa shape index (κ1) is 11.3. The average Bonchev–Trinajstić information content (AvgIpc) is 2.16. The highest BCUT2D eigenvalue weighted by molar-refractivity contribution is 5.45. The second kappa shape index (κ2) is 4.20. The lowest BCUT2D eigenvalue weighted by molar-refractivity contribution is -0.387. The fourth-order valence-electron chi connectivity index (χ4n) is 1.13. The van der Waals surface area contributed by atoms with E-state index in [9.17, 15) is 19.6 Å². The van der Waals surface area contributed by atoms with Gasteiger partial charge in [-0.2, -0.15) is 4.39 Å². The summed E-state index contributed by atoms with van der Waals surface area (Å²) < 4.78 is 13.0. The van der Waals surface area contributed by atoms with Gasteiger partial charge in [-0.1, -0.05) is 0 Å². The highest BCUT2D eigenvalue weighted by Crippen LogP contribution is 2.29. The topological polar surface area (TPSA) is 115 Å². The molecule has 15 heavy (non-hydrogen) atoms. The van der Waals surface area contributed by atoms with Gasteiger partial charge in [0.2, 0.25) is 5.82 Å². The van der Waals surface area contributed by atoms with Crippen LogP contribution >= 0.6 is 0 Å². The maximum absolute atomic E-state index is 13.0. The van der Waals surface area contributed by atoms with Gasteiger partial charge in [0.15, 0.2) is 0 Å². The first-order chi connectivity index (χ1) is 6.97. The van der Waals surface area contributed by atoms with E-state index in [4.69, 9.17) is 11.5 Å². The molecule has 0 fully saturated rings. The Morgan fingerprint density at radius 3 is 2.67 bits per heavy atom. The summed E-state index contributed by atoms with van der Waals surface area (Å²) in [7, 11) is 0. The van der Waals surface area contributed by atoms with Crippen molar-refractivity contribution in [3.63, 3.8) is 0 Å². The first-order valence-corrected chi connectivity index (χ1v) is 4.09.